The molecule has 8 nitrogen and oxygen atoms in total. The van der Waals surface area contributed by atoms with Crippen molar-refractivity contribution in [1.82, 2.24) is 10.2 Å². The van der Waals surface area contributed by atoms with Gasteiger partial charge in [0.15, 0.2) is 0 Å². The Balaban J connectivity index is 1.35. The molecule has 0 aliphatic carbocycles. The number of ether oxygens (including phenoxy) is 1. The van der Waals surface area contributed by atoms with Crippen LogP contribution >= 0.6 is 0 Å². The maximum absolute atomic E-state index is 12.5. The third-order valence-electron chi connectivity index (χ3n) is 4.87. The molecule has 1 aliphatic rings. The average Bonchev–Trinajstić information content (AvgIpc) is 2.78. The highest BCUT2D eigenvalue weighted by molar-refractivity contribution is 5.96. The fraction of sp³-hybridized carbons (Fsp3) is 0.304. The Hall–Kier alpha value is -3.70. The van der Waals surface area contributed by atoms with E-state index in [-0.39, 0.29) is 50.4 Å². The molecule has 1 N–H and O–H groups in total. The maximum Gasteiger partial charge on any atom is 0.307 e. The zero-order valence-electron chi connectivity index (χ0n) is 17.1. The molecule has 0 unspecified atom stereocenters. The van der Waals surface area contributed by atoms with Gasteiger partial charge in [-0.1, -0.05) is 30.3 Å². The Labute approximate surface area is 181 Å². The highest BCUT2D eigenvalue weighted by atomic mass is 16.5. The van der Waals surface area contributed by atoms with Gasteiger partial charge in [-0.05, 0) is 29.8 Å². The second-order valence-corrected chi connectivity index (χ2v) is 7.16. The lowest BCUT2D eigenvalue weighted by atomic mass is 10.2. The summed E-state index contributed by atoms with van der Waals surface area (Å²) >= 11 is 0. The van der Waals surface area contributed by atoms with Crippen LogP contribution in [-0.2, 0) is 25.7 Å². The molecule has 2 aromatic rings. The third-order valence-corrected chi connectivity index (χ3v) is 4.87. The van der Waals surface area contributed by atoms with Gasteiger partial charge in [-0.25, -0.2) is 0 Å². The molecular formula is C23H24N4O4. The molecule has 1 fully saturated rings. The van der Waals surface area contributed by atoms with Gasteiger partial charge < -0.3 is 15.0 Å². The number of amides is 2. The minimum atomic E-state index is -0.379. The molecule has 2 amide bonds. The molecule has 2 aromatic carbocycles. The predicted octanol–water partition coefficient (Wildman–Crippen LogP) is 1.46. The zero-order valence-corrected chi connectivity index (χ0v) is 17.1. The lowest BCUT2D eigenvalue weighted by molar-refractivity contribution is -0.144. The highest BCUT2D eigenvalue weighted by Crippen LogP contribution is 2.18. The smallest absolute Gasteiger partial charge is 0.307 e. The van der Waals surface area contributed by atoms with Gasteiger partial charge >= 0.3 is 5.97 Å². The van der Waals surface area contributed by atoms with Gasteiger partial charge in [-0.2, -0.15) is 5.26 Å². The molecule has 31 heavy (non-hydrogen) atoms. The molecule has 0 saturated carbocycles. The number of carbonyl (C=O) groups is 3. The number of esters is 1. The quantitative estimate of drug-likeness (QED) is 0.649. The van der Waals surface area contributed by atoms with E-state index in [4.69, 9.17) is 10.00 Å². The Bertz CT molecular complexity index is 954. The van der Waals surface area contributed by atoms with E-state index in [9.17, 15) is 14.4 Å². The van der Waals surface area contributed by atoms with E-state index in [0.717, 1.165) is 11.3 Å². The van der Waals surface area contributed by atoms with E-state index in [1.165, 1.54) is 0 Å². The van der Waals surface area contributed by atoms with Crippen molar-refractivity contribution in [3.8, 4) is 6.07 Å². The van der Waals surface area contributed by atoms with E-state index in [1.807, 2.05) is 30.3 Å². The molecular weight excluding hydrogens is 396 g/mol. The van der Waals surface area contributed by atoms with Crippen LogP contribution < -0.4 is 10.2 Å². The predicted molar refractivity (Wildman–Crippen MR) is 114 cm³/mol. The van der Waals surface area contributed by atoms with Gasteiger partial charge in [-0.15, -0.1) is 0 Å². The molecule has 3 rings (SSSR count). The number of benzene rings is 2. The number of anilines is 1. The van der Waals surface area contributed by atoms with Crippen molar-refractivity contribution in [1.29, 1.82) is 5.26 Å². The summed E-state index contributed by atoms with van der Waals surface area (Å²) in [4.78, 5) is 39.8. The molecule has 0 atom stereocenters. The summed E-state index contributed by atoms with van der Waals surface area (Å²) in [6, 6.07) is 18.3. The summed E-state index contributed by atoms with van der Waals surface area (Å²) in [5.41, 5.74) is 2.18. The van der Waals surface area contributed by atoms with Crippen LogP contribution in [0.1, 0.15) is 17.5 Å². The lowest BCUT2D eigenvalue weighted by Crippen LogP contribution is -2.52. The first-order valence-electron chi connectivity index (χ1n) is 10.0. The van der Waals surface area contributed by atoms with Crippen LogP contribution in [0.5, 0.6) is 0 Å². The summed E-state index contributed by atoms with van der Waals surface area (Å²) in [5, 5.41) is 11.6. The summed E-state index contributed by atoms with van der Waals surface area (Å²) in [7, 11) is 0. The van der Waals surface area contributed by atoms with Gasteiger partial charge in [0.2, 0.25) is 11.8 Å². The van der Waals surface area contributed by atoms with Crippen LogP contribution in [0.2, 0.25) is 0 Å². The largest absolute Gasteiger partial charge is 0.461 e. The van der Waals surface area contributed by atoms with Gasteiger partial charge in [0.1, 0.15) is 6.61 Å². The van der Waals surface area contributed by atoms with E-state index in [2.05, 4.69) is 11.4 Å². The van der Waals surface area contributed by atoms with Gasteiger partial charge in [0.05, 0.1) is 31.1 Å². The Morgan fingerprint density at radius 1 is 1.06 bits per heavy atom. The number of rotatable bonds is 8. The monoisotopic (exact) mass is 420 g/mol. The topological polar surface area (TPSA) is 103 Å². The van der Waals surface area contributed by atoms with Crippen LogP contribution in [-0.4, -0.2) is 55.4 Å². The molecule has 0 aromatic heterocycles. The first kappa shape index (κ1) is 22.0. The first-order chi connectivity index (χ1) is 15.0. The Morgan fingerprint density at radius 3 is 2.48 bits per heavy atom. The fourth-order valence-corrected chi connectivity index (χ4v) is 3.22. The van der Waals surface area contributed by atoms with Crippen molar-refractivity contribution in [2.24, 2.45) is 0 Å². The van der Waals surface area contributed by atoms with E-state index < -0.39 is 0 Å². The van der Waals surface area contributed by atoms with Crippen LogP contribution in [0.4, 0.5) is 5.69 Å². The van der Waals surface area contributed by atoms with Gasteiger partial charge in [0, 0.05) is 25.3 Å². The number of hydrogen-bond acceptors (Lipinski definition) is 6. The normalized spacial score (nSPS) is 14.0. The van der Waals surface area contributed by atoms with E-state index in [0.29, 0.717) is 18.7 Å². The zero-order chi connectivity index (χ0) is 22.1. The number of nitrogens with zero attached hydrogens (tertiary/aromatic N) is 3. The molecule has 1 heterocycles. The molecule has 1 saturated heterocycles. The summed E-state index contributed by atoms with van der Waals surface area (Å²) in [6.45, 7) is 1.63. The minimum Gasteiger partial charge on any atom is -0.461 e. The number of carbonyl (C=O) groups excluding carboxylic acids is 3. The van der Waals surface area contributed by atoms with Crippen molar-refractivity contribution in [2.45, 2.75) is 13.0 Å². The van der Waals surface area contributed by atoms with Crippen molar-refractivity contribution in [3.05, 3.63) is 65.7 Å². The first-order valence-corrected chi connectivity index (χ1v) is 10.0. The molecule has 1 aliphatic heterocycles. The highest BCUT2D eigenvalue weighted by Gasteiger charge is 2.26. The van der Waals surface area contributed by atoms with Gasteiger partial charge in [-0.3, -0.25) is 19.3 Å². The molecule has 8 heteroatoms. The fourth-order valence-electron chi connectivity index (χ4n) is 3.22. The standard InChI is InChI=1S/C23H24N4O4/c24-14-18-6-8-20(9-7-18)27-13-12-26(16-22(27)29)15-21(28)25-11-10-23(30)31-17-19-4-2-1-3-5-19/h1-9H,10-13,15-17H2,(H,25,28). The third kappa shape index (κ3) is 6.66. The van der Waals surface area contributed by atoms with Crippen molar-refractivity contribution in [2.75, 3.05) is 37.6 Å². The van der Waals surface area contributed by atoms with Gasteiger partial charge in [0.25, 0.3) is 0 Å². The maximum atomic E-state index is 12.5. The molecule has 160 valence electrons. The molecule has 0 bridgehead atoms. The van der Waals surface area contributed by atoms with Crippen molar-refractivity contribution < 1.29 is 19.1 Å². The number of piperazine rings is 1. The molecule has 0 radical (unpaired) electrons. The van der Waals surface area contributed by atoms with Crippen LogP contribution in [0.25, 0.3) is 0 Å². The second kappa shape index (κ2) is 10.9. The SMILES string of the molecule is N#Cc1ccc(N2CCN(CC(=O)NCCC(=O)OCc3ccccc3)CC2=O)cc1. The second-order valence-electron chi connectivity index (χ2n) is 7.16. The summed E-state index contributed by atoms with van der Waals surface area (Å²) in [5.74, 6) is -0.723. The Kier molecular flexibility index (Phi) is 7.73. The lowest BCUT2D eigenvalue weighted by Gasteiger charge is -2.33. The van der Waals surface area contributed by atoms with Crippen molar-refractivity contribution in [3.63, 3.8) is 0 Å². The Morgan fingerprint density at radius 2 is 1.81 bits per heavy atom. The number of nitriles is 1. The average molecular weight is 420 g/mol. The van der Waals surface area contributed by atoms with Crippen LogP contribution in [0.3, 0.4) is 0 Å². The van der Waals surface area contributed by atoms with Crippen molar-refractivity contribution >= 4 is 23.5 Å². The summed E-state index contributed by atoms with van der Waals surface area (Å²) in [6.07, 6.45) is 0.0873. The van der Waals surface area contributed by atoms with E-state index in [1.54, 1.807) is 34.1 Å². The van der Waals surface area contributed by atoms with E-state index >= 15 is 0 Å². The van der Waals surface area contributed by atoms with Crippen LogP contribution in [0.15, 0.2) is 54.6 Å². The number of nitrogens with one attached hydrogen (secondary N) is 1. The number of hydrogen-bond donors (Lipinski definition) is 1. The summed E-state index contributed by atoms with van der Waals surface area (Å²) < 4.78 is 5.17. The molecule has 0 spiro atoms. The minimum absolute atomic E-state index is 0.0873. The van der Waals surface area contributed by atoms with Crippen LogP contribution in [0, 0.1) is 11.3 Å².